The summed E-state index contributed by atoms with van der Waals surface area (Å²) in [6, 6.07) is 19.2. The molecule has 9 heteroatoms. The van der Waals surface area contributed by atoms with Gasteiger partial charge < -0.3 is 5.32 Å². The van der Waals surface area contributed by atoms with E-state index in [-0.39, 0.29) is 5.91 Å². The number of benzene rings is 2. The summed E-state index contributed by atoms with van der Waals surface area (Å²) >= 11 is 1.45. The first-order chi connectivity index (χ1) is 15.2. The van der Waals surface area contributed by atoms with Gasteiger partial charge in [-0.2, -0.15) is 10.1 Å². The quantitative estimate of drug-likeness (QED) is 0.458. The molecule has 4 aromatic rings. The van der Waals surface area contributed by atoms with E-state index >= 15 is 0 Å². The summed E-state index contributed by atoms with van der Waals surface area (Å²) in [6.45, 7) is 0.509. The smallest absolute Gasteiger partial charge is 0.226 e. The Morgan fingerprint density at radius 1 is 1.13 bits per heavy atom. The van der Waals surface area contributed by atoms with E-state index in [0.29, 0.717) is 42.3 Å². The van der Waals surface area contributed by atoms with Crippen molar-refractivity contribution in [3.05, 3.63) is 76.8 Å². The lowest BCUT2D eigenvalue weighted by Gasteiger charge is -2.01. The van der Waals surface area contributed by atoms with Crippen LogP contribution >= 0.6 is 11.3 Å². The van der Waals surface area contributed by atoms with Gasteiger partial charge in [0.25, 0.3) is 0 Å². The minimum Gasteiger partial charge on any atom is -0.302 e. The number of thiazole rings is 1. The third kappa shape index (κ3) is 5.58. The Bertz CT molecular complexity index is 1190. The summed E-state index contributed by atoms with van der Waals surface area (Å²) < 4.78 is 0. The second-order valence-electron chi connectivity index (χ2n) is 6.84. The fraction of sp³-hybridized carbons (Fsp3) is 0.182. The number of anilines is 1. The molecule has 0 aliphatic heterocycles. The zero-order valence-electron chi connectivity index (χ0n) is 16.6. The van der Waals surface area contributed by atoms with Gasteiger partial charge in [0.1, 0.15) is 0 Å². The first-order valence-corrected chi connectivity index (χ1v) is 10.6. The lowest BCUT2D eigenvalue weighted by atomic mass is 10.1. The van der Waals surface area contributed by atoms with E-state index in [2.05, 4.69) is 31.8 Å². The van der Waals surface area contributed by atoms with Crippen molar-refractivity contribution in [2.24, 2.45) is 0 Å². The van der Waals surface area contributed by atoms with Crippen LogP contribution in [0.1, 0.15) is 28.8 Å². The van der Waals surface area contributed by atoms with Crippen molar-refractivity contribution in [2.45, 2.75) is 25.8 Å². The average Bonchev–Trinajstić information content (AvgIpc) is 3.45. The number of amides is 1. The molecule has 8 nitrogen and oxygen atoms in total. The SMILES string of the molecule is N#Cc1ccc(Cc2cnc(NC(=O)CCCn3nnc(-c4ccccc4)n3)s2)cc1. The van der Waals surface area contributed by atoms with Crippen LogP contribution in [0.5, 0.6) is 0 Å². The van der Waals surface area contributed by atoms with E-state index in [1.807, 2.05) is 42.5 Å². The molecule has 2 heterocycles. The minimum absolute atomic E-state index is 0.0947. The maximum Gasteiger partial charge on any atom is 0.226 e. The van der Waals surface area contributed by atoms with Crippen molar-refractivity contribution >= 4 is 22.4 Å². The number of carbonyl (C=O) groups is 1. The Labute approximate surface area is 183 Å². The second kappa shape index (κ2) is 9.73. The van der Waals surface area contributed by atoms with Gasteiger partial charge in [0.2, 0.25) is 11.7 Å². The molecular formula is C22H19N7OS. The Balaban J connectivity index is 1.23. The Morgan fingerprint density at radius 2 is 1.94 bits per heavy atom. The largest absolute Gasteiger partial charge is 0.302 e. The summed E-state index contributed by atoms with van der Waals surface area (Å²) in [7, 11) is 0. The van der Waals surface area contributed by atoms with E-state index in [9.17, 15) is 4.79 Å². The number of carbonyl (C=O) groups excluding carboxylic acids is 1. The molecule has 0 unspecified atom stereocenters. The topological polar surface area (TPSA) is 109 Å². The highest BCUT2D eigenvalue weighted by Crippen LogP contribution is 2.21. The molecule has 0 saturated heterocycles. The van der Waals surface area contributed by atoms with E-state index in [0.717, 1.165) is 16.0 Å². The van der Waals surface area contributed by atoms with E-state index in [1.54, 1.807) is 18.3 Å². The molecular weight excluding hydrogens is 410 g/mol. The van der Waals surface area contributed by atoms with Gasteiger partial charge in [-0.25, -0.2) is 4.98 Å². The lowest BCUT2D eigenvalue weighted by Crippen LogP contribution is -2.13. The normalized spacial score (nSPS) is 10.5. The molecule has 0 saturated carbocycles. The van der Waals surface area contributed by atoms with Crippen molar-refractivity contribution < 1.29 is 4.79 Å². The van der Waals surface area contributed by atoms with Crippen LogP contribution in [-0.4, -0.2) is 31.1 Å². The molecule has 0 aliphatic carbocycles. The highest BCUT2D eigenvalue weighted by Gasteiger charge is 2.09. The van der Waals surface area contributed by atoms with Crippen LogP contribution in [0.3, 0.4) is 0 Å². The van der Waals surface area contributed by atoms with Crippen molar-refractivity contribution in [3.63, 3.8) is 0 Å². The summed E-state index contributed by atoms with van der Waals surface area (Å²) in [5, 5.41) is 24.7. The number of tetrazole rings is 1. The monoisotopic (exact) mass is 429 g/mol. The van der Waals surface area contributed by atoms with E-state index < -0.39 is 0 Å². The first kappa shape index (κ1) is 20.4. The summed E-state index contributed by atoms with van der Waals surface area (Å²) in [4.78, 5) is 19.1. The van der Waals surface area contributed by atoms with Gasteiger partial charge in [0.05, 0.1) is 18.2 Å². The number of nitrogens with one attached hydrogen (secondary N) is 1. The van der Waals surface area contributed by atoms with Gasteiger partial charge >= 0.3 is 0 Å². The molecule has 0 bridgehead atoms. The first-order valence-electron chi connectivity index (χ1n) is 9.76. The van der Waals surface area contributed by atoms with Gasteiger partial charge in [0.15, 0.2) is 5.13 Å². The molecule has 1 N–H and O–H groups in total. The molecule has 0 atom stereocenters. The Kier molecular flexibility index (Phi) is 6.40. The number of nitrogens with zero attached hydrogens (tertiary/aromatic N) is 6. The summed E-state index contributed by atoms with van der Waals surface area (Å²) in [5.41, 5.74) is 2.64. The number of aryl methyl sites for hydroxylation is 1. The molecule has 0 aliphatic rings. The Morgan fingerprint density at radius 3 is 2.71 bits per heavy atom. The maximum atomic E-state index is 12.2. The van der Waals surface area contributed by atoms with Crippen LogP contribution in [0.25, 0.3) is 11.4 Å². The molecule has 0 radical (unpaired) electrons. The minimum atomic E-state index is -0.0947. The highest BCUT2D eigenvalue weighted by atomic mass is 32.1. The van der Waals surface area contributed by atoms with Crippen LogP contribution in [0.15, 0.2) is 60.8 Å². The molecule has 2 aromatic heterocycles. The van der Waals surface area contributed by atoms with Crippen LogP contribution in [0.4, 0.5) is 5.13 Å². The highest BCUT2D eigenvalue weighted by molar-refractivity contribution is 7.15. The molecule has 154 valence electrons. The van der Waals surface area contributed by atoms with E-state index in [1.165, 1.54) is 16.1 Å². The van der Waals surface area contributed by atoms with Crippen LogP contribution < -0.4 is 5.32 Å². The third-order valence-corrected chi connectivity index (χ3v) is 5.42. The number of hydrogen-bond acceptors (Lipinski definition) is 7. The third-order valence-electron chi connectivity index (χ3n) is 4.51. The van der Waals surface area contributed by atoms with Crippen molar-refractivity contribution in [3.8, 4) is 17.5 Å². The van der Waals surface area contributed by atoms with E-state index in [4.69, 9.17) is 5.26 Å². The standard InChI is InChI=1S/C22H19N7OS/c23-14-17-10-8-16(9-11-17)13-19-15-24-22(31-19)25-20(30)7-4-12-29-27-21(26-28-29)18-5-2-1-3-6-18/h1-3,5-6,8-11,15H,4,7,12-13H2,(H,24,25,30). The lowest BCUT2D eigenvalue weighted by molar-refractivity contribution is -0.116. The second-order valence-corrected chi connectivity index (χ2v) is 7.96. The molecule has 1 amide bonds. The predicted molar refractivity (Wildman–Crippen MR) is 117 cm³/mol. The van der Waals surface area contributed by atoms with Crippen LogP contribution in [0.2, 0.25) is 0 Å². The zero-order chi connectivity index (χ0) is 21.5. The average molecular weight is 430 g/mol. The molecule has 2 aromatic carbocycles. The van der Waals surface area contributed by atoms with Gasteiger partial charge in [0, 0.05) is 29.5 Å². The van der Waals surface area contributed by atoms with Gasteiger partial charge in [-0.15, -0.1) is 21.5 Å². The number of rotatable bonds is 8. The van der Waals surface area contributed by atoms with Crippen LogP contribution in [0, 0.1) is 11.3 Å². The molecule has 31 heavy (non-hydrogen) atoms. The van der Waals surface area contributed by atoms with Gasteiger partial charge in [-0.1, -0.05) is 42.5 Å². The van der Waals surface area contributed by atoms with Crippen molar-refractivity contribution in [1.82, 2.24) is 25.2 Å². The summed E-state index contributed by atoms with van der Waals surface area (Å²) in [5.74, 6) is 0.477. The number of aromatic nitrogens is 5. The van der Waals surface area contributed by atoms with Crippen molar-refractivity contribution in [1.29, 1.82) is 5.26 Å². The van der Waals surface area contributed by atoms with Crippen LogP contribution in [-0.2, 0) is 17.8 Å². The molecule has 0 fully saturated rings. The van der Waals surface area contributed by atoms with Gasteiger partial charge in [-0.3, -0.25) is 4.79 Å². The number of nitriles is 1. The fourth-order valence-corrected chi connectivity index (χ4v) is 3.81. The maximum absolute atomic E-state index is 12.2. The summed E-state index contributed by atoms with van der Waals surface area (Å²) in [6.07, 6.45) is 3.41. The zero-order valence-corrected chi connectivity index (χ0v) is 17.4. The number of hydrogen-bond donors (Lipinski definition) is 1. The molecule has 0 spiro atoms. The molecule has 4 rings (SSSR count). The Hall–Kier alpha value is -3.90. The predicted octanol–water partition coefficient (Wildman–Crippen LogP) is 3.68. The van der Waals surface area contributed by atoms with Gasteiger partial charge in [-0.05, 0) is 29.3 Å². The fourth-order valence-electron chi connectivity index (χ4n) is 2.95. The van der Waals surface area contributed by atoms with Crippen molar-refractivity contribution in [2.75, 3.05) is 5.32 Å².